The average molecular weight is 277 g/mol. The van der Waals surface area contributed by atoms with E-state index in [1.54, 1.807) is 12.4 Å². The van der Waals surface area contributed by atoms with Crippen LogP contribution in [0.5, 0.6) is 0 Å². The van der Waals surface area contributed by atoms with Crippen LogP contribution in [0.25, 0.3) is 11.0 Å². The normalized spacial score (nSPS) is 10.5. The van der Waals surface area contributed by atoms with E-state index in [4.69, 9.17) is 0 Å². The quantitative estimate of drug-likeness (QED) is 0.800. The van der Waals surface area contributed by atoms with Crippen LogP contribution in [0, 0.1) is 6.92 Å². The number of hydrogen-bond acceptors (Lipinski definition) is 3. The van der Waals surface area contributed by atoms with Gasteiger partial charge >= 0.3 is 0 Å². The number of fused-ring (bicyclic) bond motifs is 1. The van der Waals surface area contributed by atoms with Crippen molar-refractivity contribution in [1.82, 2.24) is 9.97 Å². The zero-order valence-electron chi connectivity index (χ0n) is 11.7. The molecule has 21 heavy (non-hydrogen) atoms. The molecule has 0 spiro atoms. The van der Waals surface area contributed by atoms with Crippen molar-refractivity contribution >= 4 is 22.6 Å². The van der Waals surface area contributed by atoms with Gasteiger partial charge in [0.25, 0.3) is 0 Å². The Labute approximate surface area is 122 Å². The first kappa shape index (κ1) is 13.2. The predicted octanol–water partition coefficient (Wildman–Crippen LogP) is 3.12. The van der Waals surface area contributed by atoms with E-state index in [1.807, 2.05) is 49.4 Å². The van der Waals surface area contributed by atoms with Gasteiger partial charge in [0.05, 0.1) is 17.5 Å². The Balaban J connectivity index is 1.74. The molecular weight excluding hydrogens is 262 g/mol. The number of carbonyl (C=O) groups is 1. The molecule has 0 aliphatic rings. The predicted molar refractivity (Wildman–Crippen MR) is 83.1 cm³/mol. The summed E-state index contributed by atoms with van der Waals surface area (Å²) in [5.41, 5.74) is 4.48. The fraction of sp³-hybridized carbons (Fsp3) is 0.118. The molecular formula is C17H15N3O. The van der Waals surface area contributed by atoms with Gasteiger partial charge in [0.15, 0.2) is 0 Å². The summed E-state index contributed by atoms with van der Waals surface area (Å²) in [5.74, 6) is -0.0381. The minimum Gasteiger partial charge on any atom is -0.326 e. The fourth-order valence-electron chi connectivity index (χ4n) is 2.25. The van der Waals surface area contributed by atoms with Gasteiger partial charge in [-0.15, -0.1) is 0 Å². The monoisotopic (exact) mass is 277 g/mol. The first-order valence-corrected chi connectivity index (χ1v) is 6.77. The molecule has 0 saturated carbocycles. The molecule has 3 rings (SSSR count). The largest absolute Gasteiger partial charge is 0.326 e. The Morgan fingerprint density at radius 1 is 1.05 bits per heavy atom. The number of aryl methyl sites for hydroxylation is 1. The summed E-state index contributed by atoms with van der Waals surface area (Å²) in [4.78, 5) is 20.5. The van der Waals surface area contributed by atoms with Crippen LogP contribution in [-0.4, -0.2) is 15.9 Å². The maximum absolute atomic E-state index is 12.1. The van der Waals surface area contributed by atoms with Crippen molar-refractivity contribution in [2.24, 2.45) is 0 Å². The molecule has 1 N–H and O–H groups in total. The van der Waals surface area contributed by atoms with E-state index in [1.165, 1.54) is 0 Å². The van der Waals surface area contributed by atoms with Crippen LogP contribution >= 0.6 is 0 Å². The van der Waals surface area contributed by atoms with E-state index in [9.17, 15) is 4.79 Å². The Kier molecular flexibility index (Phi) is 3.60. The highest BCUT2D eigenvalue weighted by Crippen LogP contribution is 2.15. The molecule has 4 heteroatoms. The van der Waals surface area contributed by atoms with E-state index in [-0.39, 0.29) is 5.91 Å². The van der Waals surface area contributed by atoms with Crippen LogP contribution in [0.15, 0.2) is 54.9 Å². The molecule has 0 aliphatic carbocycles. The Hall–Kier alpha value is -2.75. The fourth-order valence-corrected chi connectivity index (χ4v) is 2.25. The number of nitrogens with one attached hydrogen (secondary N) is 1. The molecule has 3 aromatic rings. The number of carbonyl (C=O) groups excluding carboxylic acids is 1. The Morgan fingerprint density at radius 3 is 2.67 bits per heavy atom. The van der Waals surface area contributed by atoms with Crippen molar-refractivity contribution in [2.75, 3.05) is 5.32 Å². The van der Waals surface area contributed by atoms with Gasteiger partial charge in [-0.05, 0) is 30.7 Å². The summed E-state index contributed by atoms with van der Waals surface area (Å²) < 4.78 is 0. The van der Waals surface area contributed by atoms with Gasteiger partial charge < -0.3 is 5.32 Å². The second-order valence-electron chi connectivity index (χ2n) is 4.97. The molecule has 0 fully saturated rings. The number of rotatable bonds is 3. The lowest BCUT2D eigenvalue weighted by atomic mass is 10.1. The summed E-state index contributed by atoms with van der Waals surface area (Å²) in [5, 5.41) is 2.90. The van der Waals surface area contributed by atoms with Crippen LogP contribution in [-0.2, 0) is 11.2 Å². The van der Waals surface area contributed by atoms with E-state index < -0.39 is 0 Å². The molecule has 4 nitrogen and oxygen atoms in total. The summed E-state index contributed by atoms with van der Waals surface area (Å²) in [6, 6.07) is 13.5. The standard InChI is InChI=1S/C17H15N3O/c1-12-3-2-4-13(9-12)10-17(21)20-14-5-6-15-16(11-14)19-8-7-18-15/h2-9,11H,10H2,1H3,(H,20,21). The highest BCUT2D eigenvalue weighted by atomic mass is 16.1. The van der Waals surface area contributed by atoms with Crippen LogP contribution in [0.4, 0.5) is 5.69 Å². The molecule has 0 aliphatic heterocycles. The van der Waals surface area contributed by atoms with Crippen LogP contribution in [0.1, 0.15) is 11.1 Å². The third-order valence-electron chi connectivity index (χ3n) is 3.20. The number of benzene rings is 2. The molecule has 1 amide bonds. The Morgan fingerprint density at radius 2 is 1.86 bits per heavy atom. The number of aromatic nitrogens is 2. The van der Waals surface area contributed by atoms with E-state index >= 15 is 0 Å². The molecule has 1 aromatic heterocycles. The molecule has 0 saturated heterocycles. The third kappa shape index (κ3) is 3.23. The van der Waals surface area contributed by atoms with Gasteiger partial charge in [-0.25, -0.2) is 0 Å². The van der Waals surface area contributed by atoms with Gasteiger partial charge in [0.1, 0.15) is 0 Å². The zero-order valence-corrected chi connectivity index (χ0v) is 11.7. The molecule has 0 unspecified atom stereocenters. The summed E-state index contributed by atoms with van der Waals surface area (Å²) >= 11 is 0. The number of anilines is 1. The van der Waals surface area contributed by atoms with Crippen LogP contribution in [0.3, 0.4) is 0 Å². The Bertz CT molecular complexity index is 799. The third-order valence-corrected chi connectivity index (χ3v) is 3.20. The average Bonchev–Trinajstić information content (AvgIpc) is 2.47. The smallest absolute Gasteiger partial charge is 0.228 e. The van der Waals surface area contributed by atoms with Crippen LogP contribution < -0.4 is 5.32 Å². The molecule has 2 aromatic carbocycles. The highest BCUT2D eigenvalue weighted by molar-refractivity contribution is 5.94. The van der Waals surface area contributed by atoms with Gasteiger partial charge in [-0.2, -0.15) is 0 Å². The molecule has 0 radical (unpaired) electrons. The molecule has 1 heterocycles. The number of amides is 1. The van der Waals surface area contributed by atoms with Crippen molar-refractivity contribution in [1.29, 1.82) is 0 Å². The number of nitrogens with zero attached hydrogens (tertiary/aromatic N) is 2. The molecule has 0 bridgehead atoms. The van der Waals surface area contributed by atoms with E-state index in [2.05, 4.69) is 15.3 Å². The summed E-state index contributed by atoms with van der Waals surface area (Å²) in [6.45, 7) is 2.02. The van der Waals surface area contributed by atoms with Crippen molar-refractivity contribution in [3.8, 4) is 0 Å². The van der Waals surface area contributed by atoms with Crippen molar-refractivity contribution in [3.05, 3.63) is 66.0 Å². The van der Waals surface area contributed by atoms with Crippen LogP contribution in [0.2, 0.25) is 0 Å². The lowest BCUT2D eigenvalue weighted by Gasteiger charge is -2.06. The topological polar surface area (TPSA) is 54.9 Å². The van der Waals surface area contributed by atoms with Crippen molar-refractivity contribution in [2.45, 2.75) is 13.3 Å². The zero-order chi connectivity index (χ0) is 14.7. The SMILES string of the molecule is Cc1cccc(CC(=O)Nc2ccc3nccnc3c2)c1. The first-order chi connectivity index (χ1) is 10.2. The maximum Gasteiger partial charge on any atom is 0.228 e. The van der Waals surface area contributed by atoms with E-state index in [0.717, 1.165) is 27.8 Å². The second-order valence-corrected chi connectivity index (χ2v) is 4.97. The van der Waals surface area contributed by atoms with Gasteiger partial charge in [-0.3, -0.25) is 14.8 Å². The summed E-state index contributed by atoms with van der Waals surface area (Å²) in [6.07, 6.45) is 3.65. The summed E-state index contributed by atoms with van der Waals surface area (Å²) in [7, 11) is 0. The molecule has 104 valence electrons. The first-order valence-electron chi connectivity index (χ1n) is 6.77. The maximum atomic E-state index is 12.1. The van der Waals surface area contributed by atoms with Gasteiger partial charge in [0.2, 0.25) is 5.91 Å². The minimum absolute atomic E-state index is 0.0381. The van der Waals surface area contributed by atoms with Gasteiger partial charge in [0, 0.05) is 18.1 Å². The molecule has 0 atom stereocenters. The number of hydrogen-bond donors (Lipinski definition) is 1. The van der Waals surface area contributed by atoms with E-state index in [0.29, 0.717) is 6.42 Å². The van der Waals surface area contributed by atoms with Crippen molar-refractivity contribution < 1.29 is 4.79 Å². The second kappa shape index (κ2) is 5.71. The lowest BCUT2D eigenvalue weighted by molar-refractivity contribution is -0.115. The van der Waals surface area contributed by atoms with Crippen molar-refractivity contribution in [3.63, 3.8) is 0 Å². The highest BCUT2D eigenvalue weighted by Gasteiger charge is 2.05. The lowest BCUT2D eigenvalue weighted by Crippen LogP contribution is -2.14. The minimum atomic E-state index is -0.0381. The van der Waals surface area contributed by atoms with Gasteiger partial charge in [-0.1, -0.05) is 29.8 Å².